The van der Waals surface area contributed by atoms with Crippen LogP contribution in [0.3, 0.4) is 0 Å². The van der Waals surface area contributed by atoms with Crippen molar-refractivity contribution in [1.29, 1.82) is 0 Å². The van der Waals surface area contributed by atoms with Crippen LogP contribution in [-0.4, -0.2) is 27.6 Å². The van der Waals surface area contributed by atoms with Gasteiger partial charge in [0.2, 0.25) is 5.91 Å². The zero-order valence-corrected chi connectivity index (χ0v) is 13.2. The number of para-hydroxylation sites is 1. The summed E-state index contributed by atoms with van der Waals surface area (Å²) >= 11 is 0. The molecule has 0 aliphatic rings. The van der Waals surface area contributed by atoms with Crippen molar-refractivity contribution < 1.29 is 14.7 Å². The maximum Gasteiger partial charge on any atom is 0.326 e. The minimum absolute atomic E-state index is 0.107. The summed E-state index contributed by atoms with van der Waals surface area (Å²) in [4.78, 5) is 23.5. The van der Waals surface area contributed by atoms with Crippen molar-refractivity contribution in [2.24, 2.45) is 5.92 Å². The Morgan fingerprint density at radius 1 is 1.32 bits per heavy atom. The fraction of sp³-hybridized carbons (Fsp3) is 0.412. The summed E-state index contributed by atoms with van der Waals surface area (Å²) in [6, 6.07) is 9.01. The van der Waals surface area contributed by atoms with E-state index in [9.17, 15) is 14.7 Å². The molecule has 1 aromatic carbocycles. The van der Waals surface area contributed by atoms with E-state index in [-0.39, 0.29) is 18.4 Å². The van der Waals surface area contributed by atoms with Crippen molar-refractivity contribution in [3.05, 3.63) is 36.0 Å². The van der Waals surface area contributed by atoms with E-state index < -0.39 is 12.0 Å². The molecule has 0 unspecified atom stereocenters. The number of nitrogens with zero attached hydrogens (tertiary/aromatic N) is 1. The van der Waals surface area contributed by atoms with Gasteiger partial charge < -0.3 is 15.0 Å². The minimum atomic E-state index is -0.989. The molecule has 2 N–H and O–H groups in total. The smallest absolute Gasteiger partial charge is 0.326 e. The van der Waals surface area contributed by atoms with Gasteiger partial charge in [-0.1, -0.05) is 38.5 Å². The van der Waals surface area contributed by atoms with Crippen molar-refractivity contribution in [2.45, 2.75) is 39.8 Å². The first-order valence-corrected chi connectivity index (χ1v) is 7.51. The lowest BCUT2D eigenvalue weighted by atomic mass is 9.99. The molecule has 0 radical (unpaired) electrons. The molecular weight excluding hydrogens is 280 g/mol. The second-order valence-electron chi connectivity index (χ2n) is 5.70. The van der Waals surface area contributed by atoms with Gasteiger partial charge in [-0.05, 0) is 30.4 Å². The number of rotatable bonds is 6. The Balaban J connectivity index is 2.17. The standard InChI is InChI=1S/C17H22N2O3/c1-4-11(2)16(17(21)22)18-15(20)10-19-12(3)9-13-7-5-6-8-14(13)19/h5-9,11,16H,4,10H2,1-3H3,(H,18,20)(H,21,22)/t11-,16-/m0/s1. The molecule has 0 fully saturated rings. The van der Waals surface area contributed by atoms with Crippen molar-refractivity contribution in [3.8, 4) is 0 Å². The maximum absolute atomic E-state index is 12.2. The first-order valence-electron chi connectivity index (χ1n) is 7.51. The minimum Gasteiger partial charge on any atom is -0.480 e. The fourth-order valence-corrected chi connectivity index (χ4v) is 2.60. The molecule has 2 rings (SSSR count). The number of amides is 1. The first kappa shape index (κ1) is 16.1. The monoisotopic (exact) mass is 302 g/mol. The Morgan fingerprint density at radius 2 is 2.00 bits per heavy atom. The van der Waals surface area contributed by atoms with Crippen LogP contribution in [0.25, 0.3) is 10.9 Å². The van der Waals surface area contributed by atoms with Crippen LogP contribution < -0.4 is 5.32 Å². The second-order valence-corrected chi connectivity index (χ2v) is 5.70. The number of aliphatic carboxylic acids is 1. The summed E-state index contributed by atoms with van der Waals surface area (Å²) in [6.07, 6.45) is 0.697. The number of nitrogens with one attached hydrogen (secondary N) is 1. The zero-order valence-electron chi connectivity index (χ0n) is 13.2. The Morgan fingerprint density at radius 3 is 2.64 bits per heavy atom. The predicted octanol–water partition coefficient (Wildman–Crippen LogP) is 2.57. The van der Waals surface area contributed by atoms with Crippen molar-refractivity contribution in [2.75, 3.05) is 0 Å². The number of carboxylic acid groups (broad SMARTS) is 1. The molecule has 0 saturated carbocycles. The van der Waals surface area contributed by atoms with E-state index in [0.717, 1.165) is 16.6 Å². The topological polar surface area (TPSA) is 71.3 Å². The number of benzene rings is 1. The fourth-order valence-electron chi connectivity index (χ4n) is 2.60. The molecule has 22 heavy (non-hydrogen) atoms. The highest BCUT2D eigenvalue weighted by atomic mass is 16.4. The molecule has 2 atom stereocenters. The van der Waals surface area contributed by atoms with E-state index in [2.05, 4.69) is 5.32 Å². The third-order valence-corrected chi connectivity index (χ3v) is 4.11. The van der Waals surface area contributed by atoms with E-state index in [1.165, 1.54) is 0 Å². The van der Waals surface area contributed by atoms with Crippen molar-refractivity contribution >= 4 is 22.8 Å². The van der Waals surface area contributed by atoms with Crippen LogP contribution in [0.1, 0.15) is 26.0 Å². The van der Waals surface area contributed by atoms with Gasteiger partial charge in [0.05, 0.1) is 0 Å². The number of carbonyl (C=O) groups excluding carboxylic acids is 1. The van der Waals surface area contributed by atoms with Gasteiger partial charge in [-0.25, -0.2) is 4.79 Å². The molecule has 1 amide bonds. The zero-order chi connectivity index (χ0) is 16.3. The van der Waals surface area contributed by atoms with Crippen LogP contribution in [0.4, 0.5) is 0 Å². The molecule has 0 spiro atoms. The number of aromatic nitrogens is 1. The SMILES string of the molecule is CC[C@H](C)[C@H](NC(=O)Cn1c(C)cc2ccccc21)C(=O)O. The average molecular weight is 302 g/mol. The Labute approximate surface area is 129 Å². The van der Waals surface area contributed by atoms with Gasteiger partial charge >= 0.3 is 5.97 Å². The summed E-state index contributed by atoms with van der Waals surface area (Å²) in [5.41, 5.74) is 1.96. The molecule has 0 saturated heterocycles. The van der Waals surface area contributed by atoms with Gasteiger partial charge in [0, 0.05) is 11.2 Å². The summed E-state index contributed by atoms with van der Waals surface area (Å²) in [6.45, 7) is 5.81. The highest BCUT2D eigenvalue weighted by molar-refractivity contribution is 5.86. The van der Waals surface area contributed by atoms with Crippen LogP contribution in [-0.2, 0) is 16.1 Å². The molecule has 0 aliphatic carbocycles. The van der Waals surface area contributed by atoms with Gasteiger partial charge in [0.25, 0.3) is 0 Å². The van der Waals surface area contributed by atoms with Crippen LogP contribution in [0.5, 0.6) is 0 Å². The predicted molar refractivity (Wildman–Crippen MR) is 85.7 cm³/mol. The van der Waals surface area contributed by atoms with Crippen LogP contribution in [0.2, 0.25) is 0 Å². The molecule has 118 valence electrons. The van der Waals surface area contributed by atoms with E-state index in [0.29, 0.717) is 6.42 Å². The Hall–Kier alpha value is -2.30. The largest absolute Gasteiger partial charge is 0.480 e. The molecule has 0 bridgehead atoms. The third-order valence-electron chi connectivity index (χ3n) is 4.11. The molecular formula is C17H22N2O3. The maximum atomic E-state index is 12.2. The van der Waals surface area contributed by atoms with Crippen LogP contribution in [0, 0.1) is 12.8 Å². The van der Waals surface area contributed by atoms with Crippen LogP contribution >= 0.6 is 0 Å². The lowest BCUT2D eigenvalue weighted by molar-refractivity contribution is -0.143. The molecule has 5 nitrogen and oxygen atoms in total. The Bertz CT molecular complexity index is 690. The van der Waals surface area contributed by atoms with E-state index in [1.54, 1.807) is 0 Å². The molecule has 1 aromatic heterocycles. The van der Waals surface area contributed by atoms with Gasteiger partial charge in [-0.3, -0.25) is 4.79 Å². The Kier molecular flexibility index (Phi) is 4.85. The van der Waals surface area contributed by atoms with Gasteiger partial charge in [-0.15, -0.1) is 0 Å². The normalized spacial score (nSPS) is 13.8. The highest BCUT2D eigenvalue weighted by Gasteiger charge is 2.25. The van der Waals surface area contributed by atoms with E-state index in [1.807, 2.05) is 55.7 Å². The second kappa shape index (κ2) is 6.64. The number of hydrogen-bond donors (Lipinski definition) is 2. The van der Waals surface area contributed by atoms with Gasteiger partial charge in [-0.2, -0.15) is 0 Å². The van der Waals surface area contributed by atoms with Crippen molar-refractivity contribution in [3.63, 3.8) is 0 Å². The number of hydrogen-bond acceptors (Lipinski definition) is 2. The van der Waals surface area contributed by atoms with Crippen LogP contribution in [0.15, 0.2) is 30.3 Å². The first-order chi connectivity index (χ1) is 10.4. The highest BCUT2D eigenvalue weighted by Crippen LogP contribution is 2.19. The summed E-state index contributed by atoms with van der Waals surface area (Å²) in [5.74, 6) is -1.38. The number of aryl methyl sites for hydroxylation is 1. The molecule has 1 heterocycles. The number of fused-ring (bicyclic) bond motifs is 1. The molecule has 5 heteroatoms. The molecule has 2 aromatic rings. The lowest BCUT2D eigenvalue weighted by Crippen LogP contribution is -2.46. The third kappa shape index (κ3) is 3.30. The lowest BCUT2D eigenvalue weighted by Gasteiger charge is -2.20. The average Bonchev–Trinajstić information content (AvgIpc) is 2.80. The summed E-state index contributed by atoms with van der Waals surface area (Å²) in [5, 5.41) is 13.0. The summed E-state index contributed by atoms with van der Waals surface area (Å²) in [7, 11) is 0. The van der Waals surface area contributed by atoms with E-state index in [4.69, 9.17) is 0 Å². The summed E-state index contributed by atoms with van der Waals surface area (Å²) < 4.78 is 1.90. The van der Waals surface area contributed by atoms with E-state index >= 15 is 0 Å². The number of carbonyl (C=O) groups is 2. The van der Waals surface area contributed by atoms with Gasteiger partial charge in [0.1, 0.15) is 12.6 Å². The molecule has 0 aliphatic heterocycles. The number of carboxylic acids is 1. The quantitative estimate of drug-likeness (QED) is 0.861. The van der Waals surface area contributed by atoms with Gasteiger partial charge in [0.15, 0.2) is 0 Å². The van der Waals surface area contributed by atoms with Crippen molar-refractivity contribution in [1.82, 2.24) is 9.88 Å².